The van der Waals surface area contributed by atoms with Gasteiger partial charge in [-0.25, -0.2) is 0 Å². The molecule has 0 aromatic carbocycles. The van der Waals surface area contributed by atoms with E-state index in [4.69, 9.17) is 55.7 Å². The van der Waals surface area contributed by atoms with E-state index in [1.165, 1.54) is 0 Å². The van der Waals surface area contributed by atoms with E-state index in [9.17, 15) is 38.7 Å². The van der Waals surface area contributed by atoms with Crippen LogP contribution in [0, 0.1) is 45.3 Å². The summed E-state index contributed by atoms with van der Waals surface area (Å²) >= 11 is 0. The van der Waals surface area contributed by atoms with E-state index < -0.39 is 111 Å². The van der Waals surface area contributed by atoms with Crippen molar-refractivity contribution < 1.29 is 55.4 Å². The third-order valence-electron chi connectivity index (χ3n) is 16.7. The maximum atomic E-state index is 13.5. The molecule has 14 N–H and O–H groups in total. The van der Waals surface area contributed by atoms with E-state index in [0.29, 0.717) is 29.1 Å². The Morgan fingerprint density at radius 2 is 1.21 bits per heavy atom. The van der Waals surface area contributed by atoms with Gasteiger partial charge >= 0.3 is 0 Å². The van der Waals surface area contributed by atoms with Crippen molar-refractivity contribution in [3.8, 4) is 0 Å². The number of aliphatic hydroxyl groups excluding tert-OH is 1. The van der Waals surface area contributed by atoms with E-state index in [1.807, 2.05) is 47.6 Å². The number of allylic oxidation sites excluding steroid dienone is 3. The molecule has 5 rings (SSSR count). The summed E-state index contributed by atoms with van der Waals surface area (Å²) in [6.45, 7) is 17.2. The zero-order valence-corrected chi connectivity index (χ0v) is 42.2. The fourth-order valence-electron chi connectivity index (χ4n) is 12.9. The van der Waals surface area contributed by atoms with Crippen LogP contribution in [0.15, 0.2) is 34.3 Å². The molecule has 4 fully saturated rings. The molecule has 0 saturated carbocycles. The molecule has 7 amide bonds. The molecule has 19 nitrogen and oxygen atoms in total. The van der Waals surface area contributed by atoms with Gasteiger partial charge in [-0.05, 0) is 91.8 Å². The van der Waals surface area contributed by atoms with Gasteiger partial charge in [-0.2, -0.15) is 17.1 Å². The molecule has 5 aliphatic rings. The van der Waals surface area contributed by atoms with Gasteiger partial charge in [0, 0.05) is 68.3 Å². The summed E-state index contributed by atoms with van der Waals surface area (Å²) in [7, 11) is 0. The summed E-state index contributed by atoms with van der Waals surface area (Å²) in [6, 6.07) is -2.93. The summed E-state index contributed by atoms with van der Waals surface area (Å²) < 4.78 is 0. The maximum Gasteiger partial charge on any atom is 0.220 e. The molecule has 20 heteroatoms. The summed E-state index contributed by atoms with van der Waals surface area (Å²) in [4.78, 5) is 91.4. The molecule has 5 aliphatic heterocycles. The monoisotopic (exact) mass is 993 g/mol. The SMILES string of the molecule is C/C1=C2/[N-][C@@](C)([C@@H]3[N-]C(/C(C)=C4/[N-]C(/C=C5\[N-]C1[C@@](C)(CC(N)=O)[C@@H]5CCC(N)=O)C(C)(C)[C@@H]4CCC(N)=O)[C@](C)(CCC(=O)NC[C@@H](C)O)[C@H]3CC(N)=O)[C@@](C)(CC(N)=O)[C@@H]2CCC(N)=O.[Co]. The van der Waals surface area contributed by atoms with Crippen molar-refractivity contribution in [3.63, 3.8) is 0 Å². The van der Waals surface area contributed by atoms with Gasteiger partial charge in [0.2, 0.25) is 41.4 Å². The Morgan fingerprint density at radius 1 is 0.676 bits per heavy atom. The first-order valence-corrected chi connectivity index (χ1v) is 23.6. The zero-order valence-electron chi connectivity index (χ0n) is 41.2. The Bertz CT molecular complexity index is 2130. The molecule has 5 heterocycles. The molecule has 3 unspecified atom stereocenters. The molecule has 0 aliphatic carbocycles. The third-order valence-corrected chi connectivity index (χ3v) is 16.7. The Labute approximate surface area is 411 Å². The molecule has 0 spiro atoms. The first-order valence-electron chi connectivity index (χ1n) is 23.6. The van der Waals surface area contributed by atoms with Crippen LogP contribution in [0.25, 0.3) is 21.3 Å². The van der Waals surface area contributed by atoms with Crippen molar-refractivity contribution in [2.75, 3.05) is 6.54 Å². The first kappa shape index (κ1) is 55.9. The number of aliphatic hydroxyl groups is 1. The van der Waals surface area contributed by atoms with Crippen LogP contribution < -0.4 is 39.7 Å². The van der Waals surface area contributed by atoms with Crippen LogP contribution in [0.4, 0.5) is 0 Å². The number of nitrogens with zero attached hydrogens (tertiary/aromatic N) is 4. The quantitative estimate of drug-likeness (QED) is 0.0891. The van der Waals surface area contributed by atoms with Crippen LogP contribution in [-0.4, -0.2) is 88.8 Å². The number of fused-ring (bicyclic) bond motifs is 9. The van der Waals surface area contributed by atoms with Crippen molar-refractivity contribution >= 4 is 41.4 Å². The number of amides is 7. The second kappa shape index (κ2) is 20.7. The second-order valence-corrected chi connectivity index (χ2v) is 21.7. The molecule has 13 atom stereocenters. The van der Waals surface area contributed by atoms with Crippen LogP contribution in [-0.2, 0) is 50.3 Å². The van der Waals surface area contributed by atoms with Gasteiger partial charge in [-0.1, -0.05) is 53.6 Å². The van der Waals surface area contributed by atoms with E-state index in [0.717, 1.165) is 5.57 Å². The zero-order chi connectivity index (χ0) is 50.4. The second-order valence-electron chi connectivity index (χ2n) is 21.7. The summed E-state index contributed by atoms with van der Waals surface area (Å²) in [5.74, 6) is -6.06. The standard InChI is InChI=1S/C48H75N11O8.Co/c1-23(60)22-55-38(67)16-17-45(6)29(18-35(52)64)43-48(9)47(8,21-37(54)66)28(12-15-34(51)63)40(59-48)25(3)42-46(7,20-36(53)65)26(10-13-32(49)61)30(56-42)19-31-44(4,5)27(11-14-33(50)62)39(57-31)24(2)41(45)58-43;/h19,23,26-29,31,41-43,60H,10-18,20-22H2,1-9H3,(H2,49,61)(H2,50,62)(H2,51,63)(H2,52,64)(H2,53,65)(H2,54,66)(H,55,67);/q-4;/b30-19-,39-24+,40-25-;/t23-,26-,27-,28-,29+,31?,41?,42?,43-,45-,46+,47+,48+;/m1./s1. The van der Waals surface area contributed by atoms with Gasteiger partial charge in [-0.15, -0.1) is 34.8 Å². The summed E-state index contributed by atoms with van der Waals surface area (Å²) in [6.07, 6.45) is 1.49. The van der Waals surface area contributed by atoms with Crippen LogP contribution in [0.3, 0.4) is 0 Å². The molecule has 0 aromatic rings. The number of rotatable bonds is 20. The number of carbonyl (C=O) groups is 7. The number of nitrogens with one attached hydrogen (secondary N) is 1. The first-order chi connectivity index (χ1) is 30.9. The number of primary amides is 6. The Kier molecular flexibility index (Phi) is 17.1. The van der Waals surface area contributed by atoms with Crippen molar-refractivity contribution in [2.45, 2.75) is 169 Å². The smallest absolute Gasteiger partial charge is 0.220 e. The van der Waals surface area contributed by atoms with Gasteiger partial charge < -0.3 is 66.1 Å². The molecule has 383 valence electrons. The average molecular weight is 993 g/mol. The number of hydrogen-bond donors (Lipinski definition) is 8. The largest absolute Gasteiger partial charge is 0.683 e. The van der Waals surface area contributed by atoms with Crippen LogP contribution in [0.1, 0.15) is 133 Å². The van der Waals surface area contributed by atoms with Crippen LogP contribution in [0.5, 0.6) is 0 Å². The minimum atomic E-state index is -1.36. The Morgan fingerprint density at radius 3 is 1.72 bits per heavy atom. The fourth-order valence-corrected chi connectivity index (χ4v) is 12.9. The normalized spacial score (nSPS) is 37.9. The number of nitrogens with two attached hydrogens (primary N) is 6. The Hall–Kier alpha value is -4.66. The minimum absolute atomic E-state index is 0. The van der Waals surface area contributed by atoms with Gasteiger partial charge in [0.1, 0.15) is 0 Å². The van der Waals surface area contributed by atoms with Gasteiger partial charge in [-0.3, -0.25) is 33.6 Å². The molecule has 8 bridgehead atoms. The van der Waals surface area contributed by atoms with E-state index in [2.05, 4.69) is 19.2 Å². The van der Waals surface area contributed by atoms with Crippen molar-refractivity contribution in [3.05, 3.63) is 55.6 Å². The van der Waals surface area contributed by atoms with Gasteiger partial charge in [0.15, 0.2) is 0 Å². The number of carbonyl (C=O) groups excluding carboxylic acids is 7. The average Bonchev–Trinajstić information content (AvgIpc) is 3.80. The third kappa shape index (κ3) is 10.6. The predicted molar refractivity (Wildman–Crippen MR) is 253 cm³/mol. The maximum absolute atomic E-state index is 13.5. The van der Waals surface area contributed by atoms with E-state index in [1.54, 1.807) is 6.92 Å². The minimum Gasteiger partial charge on any atom is -0.683 e. The summed E-state index contributed by atoms with van der Waals surface area (Å²) in [5, 5.41) is 35.0. The van der Waals surface area contributed by atoms with Crippen molar-refractivity contribution in [2.24, 2.45) is 79.7 Å². The molecule has 0 aromatic heterocycles. The predicted octanol–water partition coefficient (Wildman–Crippen LogP) is 3.42. The van der Waals surface area contributed by atoms with E-state index in [-0.39, 0.29) is 99.4 Å². The van der Waals surface area contributed by atoms with Crippen LogP contribution in [0.2, 0.25) is 0 Å². The Balaban J connectivity index is 0.0000101. The van der Waals surface area contributed by atoms with Gasteiger partial charge in [0.25, 0.3) is 0 Å². The van der Waals surface area contributed by atoms with E-state index >= 15 is 0 Å². The summed E-state index contributed by atoms with van der Waals surface area (Å²) in [5.41, 5.74) is 33.7. The van der Waals surface area contributed by atoms with Crippen molar-refractivity contribution in [1.82, 2.24) is 5.32 Å². The fraction of sp³-hybridized carbons (Fsp3) is 0.729. The molecule has 4 saturated heterocycles. The molecule has 1 radical (unpaired) electrons. The van der Waals surface area contributed by atoms with Crippen molar-refractivity contribution in [1.29, 1.82) is 0 Å². The van der Waals surface area contributed by atoms with Gasteiger partial charge in [0.05, 0.1) is 6.10 Å². The number of hydrogen-bond acceptors (Lipinski definition) is 8. The molecular weight excluding hydrogens is 918 g/mol. The molecule has 68 heavy (non-hydrogen) atoms. The molecular formula is C48H75CoN11O8-4. The topological polar surface area (TPSA) is 364 Å². The van der Waals surface area contributed by atoms with Crippen LogP contribution >= 0.6 is 0 Å².